The molecule has 1 saturated heterocycles. The third kappa shape index (κ3) is 2.21. The number of rotatable bonds is 3. The molecule has 1 aliphatic carbocycles. The van der Waals surface area contributed by atoms with Gasteiger partial charge in [-0.2, -0.15) is 11.8 Å². The van der Waals surface area contributed by atoms with Gasteiger partial charge in [-0.1, -0.05) is 24.3 Å². The van der Waals surface area contributed by atoms with Gasteiger partial charge >= 0.3 is 0 Å². The van der Waals surface area contributed by atoms with Gasteiger partial charge < -0.3 is 5.73 Å². The maximum Gasteiger partial charge on any atom is 0.0108 e. The van der Waals surface area contributed by atoms with Gasteiger partial charge in [0.05, 0.1) is 0 Å². The van der Waals surface area contributed by atoms with Crippen LogP contribution in [0.2, 0.25) is 0 Å². The number of hydrogen-bond acceptors (Lipinski definition) is 2. The smallest absolute Gasteiger partial charge is 0.0108 e. The van der Waals surface area contributed by atoms with Gasteiger partial charge in [0.25, 0.3) is 0 Å². The average molecular weight is 261 g/mol. The summed E-state index contributed by atoms with van der Waals surface area (Å²) in [6.45, 7) is 2.16. The second-order valence-corrected chi connectivity index (χ2v) is 7.18. The van der Waals surface area contributed by atoms with Crippen LogP contribution in [0.3, 0.4) is 0 Å². The van der Waals surface area contributed by atoms with Crippen molar-refractivity contribution in [1.29, 1.82) is 0 Å². The van der Waals surface area contributed by atoms with Crippen LogP contribution < -0.4 is 5.73 Å². The molecule has 2 N–H and O–H groups in total. The van der Waals surface area contributed by atoms with E-state index < -0.39 is 0 Å². The predicted molar refractivity (Wildman–Crippen MR) is 80.3 cm³/mol. The highest BCUT2D eigenvalue weighted by atomic mass is 32.2. The zero-order valence-electron chi connectivity index (χ0n) is 11.2. The van der Waals surface area contributed by atoms with E-state index in [-0.39, 0.29) is 6.04 Å². The Bertz CT molecular complexity index is 417. The van der Waals surface area contributed by atoms with Crippen LogP contribution in [0.15, 0.2) is 24.3 Å². The molecule has 0 bridgehead atoms. The van der Waals surface area contributed by atoms with Gasteiger partial charge in [0.1, 0.15) is 0 Å². The molecule has 1 aromatic carbocycles. The molecular formula is C16H23NS. The van der Waals surface area contributed by atoms with Crippen molar-refractivity contribution in [3.63, 3.8) is 0 Å². The minimum Gasteiger partial charge on any atom is -0.327 e. The molecule has 3 rings (SSSR count). The quantitative estimate of drug-likeness (QED) is 0.898. The summed E-state index contributed by atoms with van der Waals surface area (Å²) in [5.41, 5.74) is 9.54. The summed E-state index contributed by atoms with van der Waals surface area (Å²) >= 11 is 2.10. The standard InChI is InChI=1S/C16H23NS/c1-12(17)16(7-8-16)15-4-2-3-14(11-15)13-5-9-18-10-6-13/h2-4,11-13H,5-10,17H2,1H3. The van der Waals surface area contributed by atoms with E-state index in [1.807, 2.05) is 0 Å². The summed E-state index contributed by atoms with van der Waals surface area (Å²) < 4.78 is 0. The number of benzene rings is 1. The molecule has 1 unspecified atom stereocenters. The maximum atomic E-state index is 6.19. The van der Waals surface area contributed by atoms with Crippen LogP contribution in [0, 0.1) is 0 Å². The van der Waals surface area contributed by atoms with Gasteiger partial charge in [-0.05, 0) is 61.2 Å². The summed E-state index contributed by atoms with van der Waals surface area (Å²) in [6, 6.07) is 9.60. The molecule has 0 amide bonds. The summed E-state index contributed by atoms with van der Waals surface area (Å²) in [5, 5.41) is 0. The van der Waals surface area contributed by atoms with Gasteiger partial charge in [0.2, 0.25) is 0 Å². The number of nitrogens with two attached hydrogens (primary N) is 1. The Morgan fingerprint density at radius 2 is 2.00 bits per heavy atom. The second kappa shape index (κ2) is 4.90. The first-order valence-electron chi connectivity index (χ1n) is 7.16. The van der Waals surface area contributed by atoms with Crippen LogP contribution >= 0.6 is 11.8 Å². The van der Waals surface area contributed by atoms with Crippen molar-refractivity contribution in [3.05, 3.63) is 35.4 Å². The average Bonchev–Trinajstić information content (AvgIpc) is 3.21. The normalized spacial score (nSPS) is 24.8. The van der Waals surface area contributed by atoms with E-state index in [1.54, 1.807) is 5.56 Å². The zero-order valence-corrected chi connectivity index (χ0v) is 12.0. The fourth-order valence-corrected chi connectivity index (χ4v) is 4.38. The Morgan fingerprint density at radius 1 is 1.28 bits per heavy atom. The van der Waals surface area contributed by atoms with E-state index >= 15 is 0 Å². The lowest BCUT2D eigenvalue weighted by molar-refractivity contribution is 0.553. The molecular weight excluding hydrogens is 238 g/mol. The largest absolute Gasteiger partial charge is 0.327 e. The van der Waals surface area contributed by atoms with Gasteiger partial charge in [0, 0.05) is 11.5 Å². The van der Waals surface area contributed by atoms with E-state index in [4.69, 9.17) is 5.73 Å². The molecule has 2 aliphatic rings. The summed E-state index contributed by atoms with van der Waals surface area (Å²) in [7, 11) is 0. The van der Waals surface area contributed by atoms with Crippen LogP contribution in [0.1, 0.15) is 49.7 Å². The fraction of sp³-hybridized carbons (Fsp3) is 0.625. The monoisotopic (exact) mass is 261 g/mol. The minimum absolute atomic E-state index is 0.287. The topological polar surface area (TPSA) is 26.0 Å². The van der Waals surface area contributed by atoms with Crippen LogP contribution in [0.25, 0.3) is 0 Å². The van der Waals surface area contributed by atoms with Crippen LogP contribution in [0.4, 0.5) is 0 Å². The molecule has 1 aliphatic heterocycles. The Kier molecular flexibility index (Phi) is 3.42. The molecule has 2 heteroatoms. The van der Waals surface area contributed by atoms with Crippen LogP contribution in [-0.2, 0) is 5.41 Å². The van der Waals surface area contributed by atoms with Crippen molar-refractivity contribution in [3.8, 4) is 0 Å². The molecule has 18 heavy (non-hydrogen) atoms. The Morgan fingerprint density at radius 3 is 2.61 bits per heavy atom. The second-order valence-electron chi connectivity index (χ2n) is 5.96. The van der Waals surface area contributed by atoms with Crippen molar-refractivity contribution in [2.75, 3.05) is 11.5 Å². The van der Waals surface area contributed by atoms with Gasteiger partial charge in [-0.15, -0.1) is 0 Å². The van der Waals surface area contributed by atoms with E-state index in [2.05, 4.69) is 43.0 Å². The van der Waals surface area contributed by atoms with E-state index in [0.29, 0.717) is 5.41 Å². The molecule has 1 saturated carbocycles. The molecule has 1 atom stereocenters. The van der Waals surface area contributed by atoms with E-state index in [1.165, 1.54) is 42.8 Å². The molecule has 1 aromatic rings. The summed E-state index contributed by atoms with van der Waals surface area (Å²) in [4.78, 5) is 0. The highest BCUT2D eigenvalue weighted by molar-refractivity contribution is 7.99. The summed E-state index contributed by atoms with van der Waals surface area (Å²) in [6.07, 6.45) is 5.24. The lowest BCUT2D eigenvalue weighted by Crippen LogP contribution is -2.31. The Balaban J connectivity index is 1.85. The van der Waals surface area contributed by atoms with Crippen LogP contribution in [-0.4, -0.2) is 17.5 Å². The van der Waals surface area contributed by atoms with Crippen molar-refractivity contribution in [2.24, 2.45) is 5.73 Å². The van der Waals surface area contributed by atoms with Crippen molar-refractivity contribution in [1.82, 2.24) is 0 Å². The highest BCUT2D eigenvalue weighted by Crippen LogP contribution is 2.50. The lowest BCUT2D eigenvalue weighted by Gasteiger charge is -2.25. The van der Waals surface area contributed by atoms with Gasteiger partial charge in [-0.25, -0.2) is 0 Å². The SMILES string of the molecule is CC(N)C1(c2cccc(C3CCSCC3)c2)CC1. The molecule has 0 radical (unpaired) electrons. The molecule has 1 heterocycles. The Hall–Kier alpha value is -0.470. The molecule has 1 nitrogen and oxygen atoms in total. The first-order chi connectivity index (χ1) is 8.72. The number of thioether (sulfide) groups is 1. The lowest BCUT2D eigenvalue weighted by atomic mass is 9.85. The van der Waals surface area contributed by atoms with Gasteiger partial charge in [0.15, 0.2) is 0 Å². The van der Waals surface area contributed by atoms with Crippen LogP contribution in [0.5, 0.6) is 0 Å². The maximum absolute atomic E-state index is 6.19. The molecule has 0 aromatic heterocycles. The Labute approximate surface area is 115 Å². The number of hydrogen-bond donors (Lipinski definition) is 1. The van der Waals surface area contributed by atoms with E-state index in [9.17, 15) is 0 Å². The molecule has 2 fully saturated rings. The van der Waals surface area contributed by atoms with Crippen molar-refractivity contribution >= 4 is 11.8 Å². The van der Waals surface area contributed by atoms with E-state index in [0.717, 1.165) is 5.92 Å². The van der Waals surface area contributed by atoms with Crippen molar-refractivity contribution < 1.29 is 0 Å². The summed E-state index contributed by atoms with van der Waals surface area (Å²) in [5.74, 6) is 3.44. The highest BCUT2D eigenvalue weighted by Gasteiger charge is 2.47. The fourth-order valence-electron chi connectivity index (χ4n) is 3.27. The molecule has 0 spiro atoms. The third-order valence-electron chi connectivity index (χ3n) is 4.81. The minimum atomic E-state index is 0.287. The first-order valence-corrected chi connectivity index (χ1v) is 8.32. The first kappa shape index (κ1) is 12.6. The van der Waals surface area contributed by atoms with Gasteiger partial charge in [-0.3, -0.25) is 0 Å². The van der Waals surface area contributed by atoms with Crippen molar-refractivity contribution in [2.45, 2.75) is 50.0 Å². The zero-order chi connectivity index (χ0) is 12.6. The predicted octanol–water partition coefficient (Wildman–Crippen LogP) is 3.68. The molecule has 98 valence electrons. The third-order valence-corrected chi connectivity index (χ3v) is 5.86.